The highest BCUT2D eigenvalue weighted by molar-refractivity contribution is 5.73. The third-order valence-corrected chi connectivity index (χ3v) is 1.25. The van der Waals surface area contributed by atoms with Gasteiger partial charge >= 0.3 is 12.1 Å². The first-order valence-electron chi connectivity index (χ1n) is 3.38. The highest BCUT2D eigenvalue weighted by Crippen LogP contribution is 2.13. The second-order valence-electron chi connectivity index (χ2n) is 2.90. The van der Waals surface area contributed by atoms with Gasteiger partial charge in [0.15, 0.2) is 0 Å². The number of carbonyl (C=O) groups is 1. The maximum atomic E-state index is 10.6. The van der Waals surface area contributed by atoms with Crippen molar-refractivity contribution in [3.05, 3.63) is 0 Å². The number of carboxylic acids is 1. The van der Waals surface area contributed by atoms with Gasteiger partial charge in [-0.15, -0.1) is 0 Å². The first-order valence-corrected chi connectivity index (χ1v) is 3.38. The van der Waals surface area contributed by atoms with E-state index in [1.165, 1.54) is 0 Å². The quantitative estimate of drug-likeness (QED) is 0.515. The molecule has 1 aliphatic rings. The third-order valence-electron chi connectivity index (χ3n) is 1.25. The maximum absolute atomic E-state index is 10.6. The Kier molecular flexibility index (Phi) is 3.68. The molecular formula is C6H10F3NO3. The molecule has 0 aliphatic carbocycles. The Balaban J connectivity index is 0.000000223. The molecule has 1 saturated heterocycles. The second-order valence-corrected chi connectivity index (χ2v) is 2.90. The summed E-state index contributed by atoms with van der Waals surface area (Å²) in [7, 11) is 0. The molecule has 78 valence electrons. The summed E-state index contributed by atoms with van der Waals surface area (Å²) in [4.78, 5) is 8.90. The largest absolute Gasteiger partial charge is 0.490 e. The van der Waals surface area contributed by atoms with E-state index >= 15 is 0 Å². The van der Waals surface area contributed by atoms with Gasteiger partial charge in [0.25, 0.3) is 0 Å². The van der Waals surface area contributed by atoms with Gasteiger partial charge in [0, 0.05) is 13.1 Å². The summed E-state index contributed by atoms with van der Waals surface area (Å²) >= 11 is 0. The molecule has 0 amide bonds. The zero-order chi connectivity index (χ0) is 10.7. The molecule has 0 atom stereocenters. The van der Waals surface area contributed by atoms with Gasteiger partial charge in [0.2, 0.25) is 0 Å². The molecule has 0 aromatic carbocycles. The summed E-state index contributed by atoms with van der Waals surface area (Å²) in [6, 6.07) is 0. The number of hydrogen-bond acceptors (Lipinski definition) is 3. The normalized spacial score (nSPS) is 19.5. The molecule has 0 unspecified atom stereocenters. The highest BCUT2D eigenvalue weighted by atomic mass is 19.4. The average Bonchev–Trinajstić information content (AvgIpc) is 1.83. The number of carboxylic acid groups (broad SMARTS) is 1. The summed E-state index contributed by atoms with van der Waals surface area (Å²) in [6.45, 7) is 3.34. The van der Waals surface area contributed by atoms with Crippen LogP contribution in [-0.2, 0) is 4.79 Å². The SMILES string of the molecule is CC1(O)CNC1.O=C(O)C(F)(F)F. The lowest BCUT2D eigenvalue weighted by molar-refractivity contribution is -0.192. The minimum Gasteiger partial charge on any atom is -0.475 e. The number of rotatable bonds is 0. The van der Waals surface area contributed by atoms with Crippen molar-refractivity contribution >= 4 is 5.97 Å². The van der Waals surface area contributed by atoms with E-state index in [-0.39, 0.29) is 5.60 Å². The van der Waals surface area contributed by atoms with Crippen molar-refractivity contribution in [2.75, 3.05) is 13.1 Å². The molecule has 0 saturated carbocycles. The molecule has 0 aromatic heterocycles. The molecule has 0 radical (unpaired) electrons. The monoisotopic (exact) mass is 201 g/mol. The first-order chi connectivity index (χ1) is 5.65. The molecule has 1 heterocycles. The van der Waals surface area contributed by atoms with Gasteiger partial charge in [-0.05, 0) is 6.92 Å². The standard InChI is InChI=1S/C4H9NO.C2HF3O2/c1-4(6)2-5-3-4;3-2(4,5)1(6)7/h5-6H,2-3H2,1H3;(H,6,7). The van der Waals surface area contributed by atoms with Crippen molar-refractivity contribution in [2.45, 2.75) is 18.7 Å². The molecule has 0 bridgehead atoms. The van der Waals surface area contributed by atoms with Crippen molar-refractivity contribution in [2.24, 2.45) is 0 Å². The zero-order valence-electron chi connectivity index (χ0n) is 6.85. The lowest BCUT2D eigenvalue weighted by Crippen LogP contribution is -2.57. The second kappa shape index (κ2) is 3.93. The van der Waals surface area contributed by atoms with E-state index < -0.39 is 12.1 Å². The molecule has 1 aliphatic heterocycles. The number of aliphatic hydroxyl groups is 1. The van der Waals surface area contributed by atoms with E-state index in [4.69, 9.17) is 15.0 Å². The predicted octanol–water partition coefficient (Wildman–Crippen LogP) is -0.0261. The van der Waals surface area contributed by atoms with E-state index in [0.29, 0.717) is 0 Å². The Hall–Kier alpha value is -0.820. The van der Waals surface area contributed by atoms with E-state index in [0.717, 1.165) is 13.1 Å². The smallest absolute Gasteiger partial charge is 0.475 e. The molecule has 1 rings (SSSR count). The maximum Gasteiger partial charge on any atom is 0.490 e. The molecule has 4 nitrogen and oxygen atoms in total. The van der Waals surface area contributed by atoms with E-state index in [1.807, 2.05) is 6.92 Å². The van der Waals surface area contributed by atoms with Gasteiger partial charge < -0.3 is 15.5 Å². The Morgan fingerprint density at radius 2 is 1.69 bits per heavy atom. The minimum absolute atomic E-state index is 0.389. The number of halogens is 3. The topological polar surface area (TPSA) is 69.6 Å². The summed E-state index contributed by atoms with van der Waals surface area (Å²) in [5, 5.41) is 18.9. The Morgan fingerprint density at radius 3 is 1.69 bits per heavy atom. The number of alkyl halides is 3. The Labute approximate surface area is 72.4 Å². The summed E-state index contributed by atoms with van der Waals surface area (Å²) in [5.41, 5.74) is -0.389. The summed E-state index contributed by atoms with van der Waals surface area (Å²) in [5.74, 6) is -2.76. The fraction of sp³-hybridized carbons (Fsp3) is 0.833. The highest BCUT2D eigenvalue weighted by Gasteiger charge is 2.38. The lowest BCUT2D eigenvalue weighted by Gasteiger charge is -2.33. The number of nitrogens with one attached hydrogen (secondary N) is 1. The van der Waals surface area contributed by atoms with Gasteiger partial charge in [-0.2, -0.15) is 13.2 Å². The number of aliphatic carboxylic acids is 1. The lowest BCUT2D eigenvalue weighted by atomic mass is 10.0. The van der Waals surface area contributed by atoms with Crippen LogP contribution in [-0.4, -0.2) is 41.0 Å². The third kappa shape index (κ3) is 5.42. The first kappa shape index (κ1) is 12.2. The van der Waals surface area contributed by atoms with Crippen LogP contribution in [0.4, 0.5) is 13.2 Å². The molecular weight excluding hydrogens is 191 g/mol. The van der Waals surface area contributed by atoms with Gasteiger partial charge in [-0.1, -0.05) is 0 Å². The summed E-state index contributed by atoms with van der Waals surface area (Å²) in [6.07, 6.45) is -5.08. The van der Waals surface area contributed by atoms with Crippen molar-refractivity contribution in [1.82, 2.24) is 5.32 Å². The van der Waals surface area contributed by atoms with Gasteiger partial charge in [0.1, 0.15) is 0 Å². The zero-order valence-corrected chi connectivity index (χ0v) is 6.85. The molecule has 13 heavy (non-hydrogen) atoms. The van der Waals surface area contributed by atoms with Crippen LogP contribution in [0.5, 0.6) is 0 Å². The van der Waals surface area contributed by atoms with Crippen molar-refractivity contribution in [1.29, 1.82) is 0 Å². The fourth-order valence-electron chi connectivity index (χ4n) is 0.487. The predicted molar refractivity (Wildman–Crippen MR) is 37.2 cm³/mol. The van der Waals surface area contributed by atoms with Crippen LogP contribution in [0.25, 0.3) is 0 Å². The van der Waals surface area contributed by atoms with Crippen molar-refractivity contribution in [3.8, 4) is 0 Å². The number of hydrogen-bond donors (Lipinski definition) is 3. The molecule has 1 fully saturated rings. The summed E-state index contributed by atoms with van der Waals surface area (Å²) < 4.78 is 31.7. The van der Waals surface area contributed by atoms with Gasteiger partial charge in [0.05, 0.1) is 5.60 Å². The van der Waals surface area contributed by atoms with E-state index in [2.05, 4.69) is 5.32 Å². The van der Waals surface area contributed by atoms with Crippen LogP contribution in [0.3, 0.4) is 0 Å². The van der Waals surface area contributed by atoms with Crippen molar-refractivity contribution < 1.29 is 28.2 Å². The minimum atomic E-state index is -5.08. The van der Waals surface area contributed by atoms with Crippen LogP contribution in [0.1, 0.15) is 6.92 Å². The molecule has 3 N–H and O–H groups in total. The van der Waals surface area contributed by atoms with Crippen LogP contribution in [0, 0.1) is 0 Å². The van der Waals surface area contributed by atoms with Crippen LogP contribution < -0.4 is 5.32 Å². The molecule has 0 spiro atoms. The molecule has 0 aromatic rings. The van der Waals surface area contributed by atoms with E-state index in [1.54, 1.807) is 0 Å². The number of β-amino-alcohol motifs (C(OH)–C–C–N with tert-alkyl or cyclic N) is 1. The van der Waals surface area contributed by atoms with Crippen LogP contribution >= 0.6 is 0 Å². The van der Waals surface area contributed by atoms with Gasteiger partial charge in [-0.25, -0.2) is 4.79 Å². The molecule has 7 heteroatoms. The van der Waals surface area contributed by atoms with Crippen LogP contribution in [0.15, 0.2) is 0 Å². The van der Waals surface area contributed by atoms with Gasteiger partial charge in [-0.3, -0.25) is 0 Å². The Morgan fingerprint density at radius 1 is 1.46 bits per heavy atom. The Bertz CT molecular complexity index is 184. The van der Waals surface area contributed by atoms with Crippen LogP contribution in [0.2, 0.25) is 0 Å². The van der Waals surface area contributed by atoms with E-state index in [9.17, 15) is 13.2 Å². The fourth-order valence-corrected chi connectivity index (χ4v) is 0.487. The average molecular weight is 201 g/mol. The van der Waals surface area contributed by atoms with Crippen molar-refractivity contribution in [3.63, 3.8) is 0 Å².